The van der Waals surface area contributed by atoms with E-state index in [1.807, 2.05) is 13.8 Å². The third-order valence-electron chi connectivity index (χ3n) is 4.62. The number of amides is 2. The molecular weight excluding hydrogens is 296 g/mol. The van der Waals surface area contributed by atoms with Crippen LogP contribution in [0.4, 0.5) is 0 Å². The molecule has 0 bridgehead atoms. The van der Waals surface area contributed by atoms with Gasteiger partial charge in [-0.05, 0) is 26.7 Å². The van der Waals surface area contributed by atoms with E-state index in [0.717, 1.165) is 29.8 Å². The second kappa shape index (κ2) is 7.12. The molecule has 0 saturated carbocycles. The summed E-state index contributed by atoms with van der Waals surface area (Å²) >= 11 is 0. The van der Waals surface area contributed by atoms with Crippen molar-refractivity contribution in [1.29, 1.82) is 0 Å². The normalized spacial score (nSPS) is 20.8. The van der Waals surface area contributed by atoms with E-state index in [1.165, 1.54) is 0 Å². The highest BCUT2D eigenvalue weighted by Gasteiger charge is 2.44. The molecule has 7 nitrogen and oxygen atoms in total. The molecule has 0 radical (unpaired) electrons. The van der Waals surface area contributed by atoms with E-state index < -0.39 is 5.54 Å². The number of hydrogen-bond acceptors (Lipinski definition) is 4. The van der Waals surface area contributed by atoms with Crippen LogP contribution in [0, 0.1) is 13.8 Å². The number of ether oxygens (including phenoxy) is 1. The molecule has 1 aromatic rings. The number of methoxy groups -OCH3 is 1. The molecule has 2 amide bonds. The molecule has 2 heterocycles. The van der Waals surface area contributed by atoms with Crippen molar-refractivity contribution in [3.05, 3.63) is 17.0 Å². The molecule has 2 rings (SSSR count). The molecule has 0 spiro atoms. The van der Waals surface area contributed by atoms with E-state index in [1.54, 1.807) is 18.9 Å². The Bertz CT molecular complexity index is 564. The van der Waals surface area contributed by atoms with Gasteiger partial charge in [0, 0.05) is 38.4 Å². The van der Waals surface area contributed by atoms with Crippen LogP contribution in [-0.2, 0) is 20.9 Å². The van der Waals surface area contributed by atoms with Crippen molar-refractivity contribution in [2.24, 2.45) is 0 Å². The van der Waals surface area contributed by atoms with Gasteiger partial charge in [-0.3, -0.25) is 14.7 Å². The second-order valence-corrected chi connectivity index (χ2v) is 6.30. The predicted molar refractivity (Wildman–Crippen MR) is 85.8 cm³/mol. The van der Waals surface area contributed by atoms with Crippen molar-refractivity contribution >= 4 is 11.8 Å². The van der Waals surface area contributed by atoms with Crippen LogP contribution < -0.4 is 5.32 Å². The largest absolute Gasteiger partial charge is 0.382 e. The summed E-state index contributed by atoms with van der Waals surface area (Å²) in [6, 6.07) is 0. The smallest absolute Gasteiger partial charge is 0.222 e. The van der Waals surface area contributed by atoms with Gasteiger partial charge in [-0.2, -0.15) is 5.10 Å². The van der Waals surface area contributed by atoms with Gasteiger partial charge in [0.2, 0.25) is 11.8 Å². The molecule has 2 N–H and O–H groups in total. The minimum absolute atomic E-state index is 0.00567. The standard InChI is InChI=1S/C16H26N4O3/c1-11-14(12(2)19-18-11)9-17-15(22)8-16(10-23-4)6-5-7-20(16)13(3)21/h5-10H2,1-4H3,(H,17,22)(H,18,19)/t16-/m0/s1. The number of carbonyl (C=O) groups is 2. The number of aryl methyl sites for hydroxylation is 2. The lowest BCUT2D eigenvalue weighted by Crippen LogP contribution is -2.52. The van der Waals surface area contributed by atoms with E-state index in [9.17, 15) is 9.59 Å². The Kier molecular flexibility index (Phi) is 5.41. The van der Waals surface area contributed by atoms with Gasteiger partial charge in [-0.15, -0.1) is 0 Å². The monoisotopic (exact) mass is 322 g/mol. The number of carbonyl (C=O) groups excluding carboxylic acids is 2. The summed E-state index contributed by atoms with van der Waals surface area (Å²) < 4.78 is 5.31. The first kappa shape index (κ1) is 17.5. The number of aromatic amines is 1. The molecule has 1 saturated heterocycles. The van der Waals surface area contributed by atoms with Crippen molar-refractivity contribution in [3.8, 4) is 0 Å². The maximum Gasteiger partial charge on any atom is 0.222 e. The van der Waals surface area contributed by atoms with E-state index in [-0.39, 0.29) is 18.2 Å². The highest BCUT2D eigenvalue weighted by Crippen LogP contribution is 2.33. The molecule has 128 valence electrons. The zero-order chi connectivity index (χ0) is 17.0. The number of nitrogens with zero attached hydrogens (tertiary/aromatic N) is 2. The third-order valence-corrected chi connectivity index (χ3v) is 4.62. The van der Waals surface area contributed by atoms with Crippen LogP contribution >= 0.6 is 0 Å². The fraction of sp³-hybridized carbons (Fsp3) is 0.688. The van der Waals surface area contributed by atoms with Crippen molar-refractivity contribution in [2.45, 2.75) is 52.1 Å². The van der Waals surface area contributed by atoms with Crippen LogP contribution in [0.1, 0.15) is 43.1 Å². The zero-order valence-corrected chi connectivity index (χ0v) is 14.4. The van der Waals surface area contributed by atoms with Crippen molar-refractivity contribution in [2.75, 3.05) is 20.3 Å². The lowest BCUT2D eigenvalue weighted by atomic mass is 9.92. The zero-order valence-electron chi connectivity index (χ0n) is 14.4. The van der Waals surface area contributed by atoms with Gasteiger partial charge in [0.15, 0.2) is 0 Å². The number of rotatable bonds is 6. The van der Waals surface area contributed by atoms with Crippen LogP contribution in [0.2, 0.25) is 0 Å². The Morgan fingerprint density at radius 1 is 1.43 bits per heavy atom. The molecule has 23 heavy (non-hydrogen) atoms. The topological polar surface area (TPSA) is 87.3 Å². The highest BCUT2D eigenvalue weighted by atomic mass is 16.5. The van der Waals surface area contributed by atoms with Crippen LogP contribution in [0.5, 0.6) is 0 Å². The van der Waals surface area contributed by atoms with Crippen LogP contribution in [0.25, 0.3) is 0 Å². The van der Waals surface area contributed by atoms with Gasteiger partial charge in [0.1, 0.15) is 0 Å². The molecule has 1 aliphatic heterocycles. The molecule has 0 unspecified atom stereocenters. The van der Waals surface area contributed by atoms with Crippen LogP contribution in [0.15, 0.2) is 0 Å². The first-order valence-corrected chi connectivity index (χ1v) is 7.94. The van der Waals surface area contributed by atoms with Gasteiger partial charge in [0.25, 0.3) is 0 Å². The minimum Gasteiger partial charge on any atom is -0.382 e. The SMILES string of the molecule is COC[C@@]1(CC(=O)NCc2c(C)n[nH]c2C)CCCN1C(C)=O. The van der Waals surface area contributed by atoms with E-state index in [2.05, 4.69) is 15.5 Å². The molecule has 0 aliphatic carbocycles. The van der Waals surface area contributed by atoms with E-state index in [0.29, 0.717) is 19.7 Å². The Morgan fingerprint density at radius 3 is 2.74 bits per heavy atom. The average molecular weight is 322 g/mol. The van der Waals surface area contributed by atoms with Crippen LogP contribution in [-0.4, -0.2) is 52.7 Å². The third kappa shape index (κ3) is 3.72. The van der Waals surface area contributed by atoms with Crippen molar-refractivity contribution < 1.29 is 14.3 Å². The van der Waals surface area contributed by atoms with Gasteiger partial charge in [0.05, 0.1) is 24.3 Å². The van der Waals surface area contributed by atoms with Crippen molar-refractivity contribution in [1.82, 2.24) is 20.4 Å². The summed E-state index contributed by atoms with van der Waals surface area (Å²) in [5.74, 6) is -0.0796. The number of H-pyrrole nitrogens is 1. The summed E-state index contributed by atoms with van der Waals surface area (Å²) in [6.45, 7) is 6.89. The molecule has 1 fully saturated rings. The number of likely N-dealkylation sites (tertiary alicyclic amines) is 1. The molecule has 0 aromatic carbocycles. The fourth-order valence-electron chi connectivity index (χ4n) is 3.47. The quantitative estimate of drug-likeness (QED) is 0.820. The number of aromatic nitrogens is 2. The van der Waals surface area contributed by atoms with Gasteiger partial charge in [-0.1, -0.05) is 0 Å². The first-order chi connectivity index (χ1) is 10.9. The number of nitrogens with one attached hydrogen (secondary N) is 2. The molecular formula is C16H26N4O3. The summed E-state index contributed by atoms with van der Waals surface area (Å²) in [5, 5.41) is 9.98. The molecule has 7 heteroatoms. The molecule has 1 atom stereocenters. The molecule has 1 aliphatic rings. The Labute approximate surface area is 136 Å². The number of hydrogen-bond donors (Lipinski definition) is 2. The Balaban J connectivity index is 2.02. The lowest BCUT2D eigenvalue weighted by Gasteiger charge is -2.37. The summed E-state index contributed by atoms with van der Waals surface area (Å²) in [6.07, 6.45) is 1.95. The summed E-state index contributed by atoms with van der Waals surface area (Å²) in [5.41, 5.74) is 2.33. The molecule has 1 aromatic heterocycles. The maximum atomic E-state index is 12.4. The maximum absolute atomic E-state index is 12.4. The summed E-state index contributed by atoms with van der Waals surface area (Å²) in [7, 11) is 1.61. The summed E-state index contributed by atoms with van der Waals surface area (Å²) in [4.78, 5) is 26.1. The van der Waals surface area contributed by atoms with Gasteiger partial charge in [-0.25, -0.2) is 0 Å². The lowest BCUT2D eigenvalue weighted by molar-refractivity contribution is -0.137. The Hall–Kier alpha value is -1.89. The minimum atomic E-state index is -0.523. The second-order valence-electron chi connectivity index (χ2n) is 6.30. The van der Waals surface area contributed by atoms with E-state index >= 15 is 0 Å². The predicted octanol–water partition coefficient (Wildman–Crippen LogP) is 1.06. The first-order valence-electron chi connectivity index (χ1n) is 7.94. The van der Waals surface area contributed by atoms with E-state index in [4.69, 9.17) is 4.74 Å². The Morgan fingerprint density at radius 2 is 2.17 bits per heavy atom. The fourth-order valence-corrected chi connectivity index (χ4v) is 3.47. The highest BCUT2D eigenvalue weighted by molar-refractivity contribution is 5.80. The van der Waals surface area contributed by atoms with Crippen LogP contribution in [0.3, 0.4) is 0 Å². The average Bonchev–Trinajstić information content (AvgIpc) is 3.02. The van der Waals surface area contributed by atoms with Gasteiger partial charge < -0.3 is 15.0 Å². The van der Waals surface area contributed by atoms with Gasteiger partial charge >= 0.3 is 0 Å². The van der Waals surface area contributed by atoms with Crippen molar-refractivity contribution in [3.63, 3.8) is 0 Å².